The molecule has 0 bridgehead atoms. The number of aromatic nitrogens is 2. The van der Waals surface area contributed by atoms with Crippen molar-refractivity contribution in [3.05, 3.63) is 35.9 Å². The number of ether oxygens (including phenoxy) is 2. The van der Waals surface area contributed by atoms with Crippen molar-refractivity contribution in [1.29, 1.82) is 0 Å². The van der Waals surface area contributed by atoms with Crippen molar-refractivity contribution in [2.45, 2.75) is 12.8 Å². The molecule has 154 valence electrons. The molecule has 0 unspecified atom stereocenters. The lowest BCUT2D eigenvalue weighted by Crippen LogP contribution is -2.45. The smallest absolute Gasteiger partial charge is 0.343 e. The van der Waals surface area contributed by atoms with Crippen molar-refractivity contribution in [2.75, 3.05) is 23.8 Å². The van der Waals surface area contributed by atoms with Gasteiger partial charge in [-0.25, -0.2) is 9.93 Å². The van der Waals surface area contributed by atoms with Gasteiger partial charge < -0.3 is 9.47 Å². The van der Waals surface area contributed by atoms with Crippen molar-refractivity contribution < 1.29 is 27.5 Å². The summed E-state index contributed by atoms with van der Waals surface area (Å²) in [5.41, 5.74) is -0.0671. The Morgan fingerprint density at radius 2 is 1.72 bits per heavy atom. The number of benzene rings is 1. The summed E-state index contributed by atoms with van der Waals surface area (Å²) in [5.74, 6) is -0.544. The first-order valence-electron chi connectivity index (χ1n) is 8.49. The number of carbonyl (C=O) groups excluding carboxylic acids is 2. The second-order valence-corrected chi connectivity index (χ2v) is 7.57. The molecular formula is C17H19N5O6S. The van der Waals surface area contributed by atoms with Crippen molar-refractivity contribution in [1.82, 2.24) is 9.97 Å². The number of hydrogen-bond acceptors (Lipinski definition) is 8. The minimum Gasteiger partial charge on any atom is -0.481 e. The second kappa shape index (κ2) is 8.01. The van der Waals surface area contributed by atoms with Crippen LogP contribution < -0.4 is 24.2 Å². The molecule has 1 aromatic carbocycles. The highest BCUT2D eigenvalue weighted by atomic mass is 32.2. The fourth-order valence-corrected chi connectivity index (χ4v) is 3.31. The number of anilines is 2. The molecule has 29 heavy (non-hydrogen) atoms. The summed E-state index contributed by atoms with van der Waals surface area (Å²) in [6.07, 6.45) is 1.43. The van der Waals surface area contributed by atoms with Crippen LogP contribution in [0.3, 0.4) is 0 Å². The second-order valence-electron chi connectivity index (χ2n) is 6.17. The molecule has 12 heteroatoms. The van der Waals surface area contributed by atoms with Gasteiger partial charge in [-0.1, -0.05) is 12.1 Å². The Bertz CT molecular complexity index is 1030. The van der Waals surface area contributed by atoms with Crippen molar-refractivity contribution >= 4 is 33.7 Å². The summed E-state index contributed by atoms with van der Waals surface area (Å²) < 4.78 is 34.7. The van der Waals surface area contributed by atoms with Gasteiger partial charge in [0.15, 0.2) is 5.78 Å². The molecule has 0 aliphatic heterocycles. The minimum absolute atomic E-state index is 0.0821. The monoisotopic (exact) mass is 421 g/mol. The summed E-state index contributed by atoms with van der Waals surface area (Å²) in [7, 11) is -1.88. The van der Waals surface area contributed by atoms with Crippen molar-refractivity contribution in [3.63, 3.8) is 0 Å². The number of urea groups is 1. The zero-order valence-electron chi connectivity index (χ0n) is 15.7. The Morgan fingerprint density at radius 3 is 2.24 bits per heavy atom. The molecule has 2 aromatic rings. The number of methoxy groups -OCH3 is 2. The summed E-state index contributed by atoms with van der Waals surface area (Å²) in [5, 5.41) is 7.52. The van der Waals surface area contributed by atoms with Crippen LogP contribution in [0.2, 0.25) is 0 Å². The van der Waals surface area contributed by atoms with E-state index in [1.54, 1.807) is 6.07 Å². The van der Waals surface area contributed by atoms with Crippen LogP contribution in [0.4, 0.5) is 16.4 Å². The van der Waals surface area contributed by atoms with E-state index >= 15 is 0 Å². The summed E-state index contributed by atoms with van der Waals surface area (Å²) in [6.45, 7) is 0. The molecule has 3 rings (SSSR count). The van der Waals surface area contributed by atoms with Gasteiger partial charge in [0.25, 0.3) is 0 Å². The molecule has 1 fully saturated rings. The van der Waals surface area contributed by atoms with E-state index in [2.05, 4.69) is 15.3 Å². The van der Waals surface area contributed by atoms with Crippen molar-refractivity contribution in [2.24, 2.45) is 11.1 Å². The minimum atomic E-state index is -4.58. The molecule has 0 saturated heterocycles. The molecule has 11 nitrogen and oxygen atoms in total. The zero-order chi connectivity index (χ0) is 21.2. The Kier molecular flexibility index (Phi) is 5.66. The van der Waals surface area contributed by atoms with Gasteiger partial charge in [0.05, 0.1) is 26.0 Å². The Labute approximate surface area is 167 Å². The lowest BCUT2D eigenvalue weighted by molar-refractivity contribution is 0.0968. The van der Waals surface area contributed by atoms with Crippen LogP contribution in [0.15, 0.2) is 30.3 Å². The largest absolute Gasteiger partial charge is 0.481 e. The maximum absolute atomic E-state index is 12.8. The van der Waals surface area contributed by atoms with E-state index in [9.17, 15) is 18.0 Å². The van der Waals surface area contributed by atoms with E-state index in [-0.39, 0.29) is 40.7 Å². The molecule has 0 atom stereocenters. The van der Waals surface area contributed by atoms with Crippen molar-refractivity contribution in [3.8, 4) is 11.8 Å². The fraction of sp³-hybridized carbons (Fsp3) is 0.294. The molecule has 1 saturated carbocycles. The number of para-hydroxylation sites is 1. The third kappa shape index (κ3) is 4.60. The van der Waals surface area contributed by atoms with E-state index in [1.165, 1.54) is 38.5 Å². The van der Waals surface area contributed by atoms with Crippen LogP contribution in [-0.2, 0) is 10.2 Å². The standard InChI is InChI=1S/C17H19N5O6S/c1-27-13-9-14(28-2)20-16(19-13)21-17(24)22(29(18,25)26)12-6-4-3-5-11(12)15(23)10-7-8-10/h3-6,9-10H,7-8H2,1-2H3,(H2,18,25,26)(H,19,20,21,24). The van der Waals surface area contributed by atoms with Gasteiger partial charge >= 0.3 is 16.2 Å². The fourth-order valence-electron chi connectivity index (χ4n) is 2.60. The molecule has 1 aliphatic carbocycles. The van der Waals surface area contributed by atoms with Gasteiger partial charge in [-0.2, -0.15) is 22.7 Å². The van der Waals surface area contributed by atoms with Gasteiger partial charge in [0.1, 0.15) is 0 Å². The zero-order valence-corrected chi connectivity index (χ0v) is 16.5. The first-order chi connectivity index (χ1) is 13.7. The quantitative estimate of drug-likeness (QED) is 0.635. The number of amides is 2. The molecule has 3 N–H and O–H groups in total. The molecular weight excluding hydrogens is 402 g/mol. The Morgan fingerprint density at radius 1 is 1.14 bits per heavy atom. The van der Waals surface area contributed by atoms with E-state index in [0.29, 0.717) is 17.1 Å². The van der Waals surface area contributed by atoms with Crippen LogP contribution in [0.25, 0.3) is 0 Å². The van der Waals surface area contributed by atoms with Gasteiger partial charge in [-0.15, -0.1) is 0 Å². The van der Waals surface area contributed by atoms with Gasteiger partial charge in [0.2, 0.25) is 17.7 Å². The normalized spacial score (nSPS) is 13.5. The molecule has 0 spiro atoms. The lowest BCUT2D eigenvalue weighted by atomic mass is 10.1. The summed E-state index contributed by atoms with van der Waals surface area (Å²) in [4.78, 5) is 33.2. The van der Waals surface area contributed by atoms with Crippen LogP contribution in [0.1, 0.15) is 23.2 Å². The number of rotatable bonds is 7. The number of nitrogens with zero attached hydrogens (tertiary/aromatic N) is 3. The predicted molar refractivity (Wildman–Crippen MR) is 103 cm³/mol. The van der Waals surface area contributed by atoms with Gasteiger partial charge in [0, 0.05) is 11.5 Å². The number of nitrogens with two attached hydrogens (primary N) is 1. The molecule has 1 aliphatic rings. The first kappa shape index (κ1) is 20.5. The van der Waals surface area contributed by atoms with Crippen LogP contribution >= 0.6 is 0 Å². The average molecular weight is 421 g/mol. The third-order valence-electron chi connectivity index (χ3n) is 4.09. The summed E-state index contributed by atoms with van der Waals surface area (Å²) >= 11 is 0. The highest BCUT2D eigenvalue weighted by Gasteiger charge is 2.36. The lowest BCUT2D eigenvalue weighted by Gasteiger charge is -2.22. The number of carbonyl (C=O) groups is 2. The number of hydrogen-bond donors (Lipinski definition) is 2. The molecule has 0 radical (unpaired) electrons. The van der Waals surface area contributed by atoms with E-state index < -0.39 is 16.2 Å². The maximum Gasteiger partial charge on any atom is 0.343 e. The topological polar surface area (TPSA) is 154 Å². The molecule has 2 amide bonds. The van der Waals surface area contributed by atoms with Gasteiger partial charge in [-0.3, -0.25) is 10.1 Å². The van der Waals surface area contributed by atoms with E-state index in [4.69, 9.17) is 14.6 Å². The van der Waals surface area contributed by atoms with E-state index in [1.807, 2.05) is 0 Å². The highest BCUT2D eigenvalue weighted by molar-refractivity contribution is 7.91. The molecule has 1 heterocycles. The highest BCUT2D eigenvalue weighted by Crippen LogP contribution is 2.36. The van der Waals surface area contributed by atoms with Gasteiger partial charge in [-0.05, 0) is 25.0 Å². The third-order valence-corrected chi connectivity index (χ3v) is 4.96. The van der Waals surface area contributed by atoms with E-state index in [0.717, 1.165) is 0 Å². The van der Waals surface area contributed by atoms with Crippen LogP contribution in [0, 0.1) is 5.92 Å². The predicted octanol–water partition coefficient (Wildman–Crippen LogP) is 1.33. The van der Waals surface area contributed by atoms with Crippen LogP contribution in [0.5, 0.6) is 11.8 Å². The van der Waals surface area contributed by atoms with Crippen LogP contribution in [-0.4, -0.2) is 44.4 Å². The molecule has 1 aromatic heterocycles. The number of Topliss-reactive ketones (excluding diaryl/α,β-unsaturated/α-hetero) is 1. The summed E-state index contributed by atoms with van der Waals surface area (Å²) in [6, 6.07) is 6.05. The number of ketones is 1. The Hall–Kier alpha value is -3.25. The average Bonchev–Trinajstić information content (AvgIpc) is 3.51. The maximum atomic E-state index is 12.8. The first-order valence-corrected chi connectivity index (χ1v) is 9.99. The number of nitrogens with one attached hydrogen (secondary N) is 1. The SMILES string of the molecule is COc1cc(OC)nc(NC(=O)N(c2ccccc2C(=O)C2CC2)S(N)(=O)=O)n1. The Balaban J connectivity index is 1.99.